The van der Waals surface area contributed by atoms with Gasteiger partial charge >= 0.3 is 0 Å². The highest BCUT2D eigenvalue weighted by Gasteiger charge is 1.92. The van der Waals surface area contributed by atoms with Crippen molar-refractivity contribution < 1.29 is 5.11 Å². The Morgan fingerprint density at radius 1 is 1.43 bits per heavy atom. The number of rotatable bonds is 1. The second-order valence-corrected chi connectivity index (χ2v) is 1.60. The van der Waals surface area contributed by atoms with Crippen LogP contribution >= 0.6 is 24.0 Å². The Balaban J connectivity index is 0. The van der Waals surface area contributed by atoms with Gasteiger partial charge in [-0.2, -0.15) is 0 Å². The average Bonchev–Trinajstić information content (AvgIpc) is 1.36. The van der Waals surface area contributed by atoms with Crippen molar-refractivity contribution in [2.75, 3.05) is 14.1 Å². The Morgan fingerprint density at radius 3 is 1.57 bits per heavy atom. The first-order valence-electron chi connectivity index (χ1n) is 1.99. The molecule has 46 valence electrons. The molecule has 0 aliphatic heterocycles. The lowest BCUT2D eigenvalue weighted by molar-refractivity contribution is 0.0578. The minimum absolute atomic E-state index is 0. The van der Waals surface area contributed by atoms with Gasteiger partial charge in [0.2, 0.25) is 0 Å². The molecule has 2 nitrogen and oxygen atoms in total. The highest BCUT2D eigenvalue weighted by atomic mass is 127. The van der Waals surface area contributed by atoms with Crippen molar-refractivity contribution in [1.82, 2.24) is 4.90 Å². The Hall–Kier alpha value is 0.650. The van der Waals surface area contributed by atoms with Gasteiger partial charge in [0.05, 0.1) is 0 Å². The van der Waals surface area contributed by atoms with Crippen LogP contribution in [0.3, 0.4) is 0 Å². The summed E-state index contributed by atoms with van der Waals surface area (Å²) in [6, 6.07) is 0. The van der Waals surface area contributed by atoms with E-state index in [0.29, 0.717) is 0 Å². The smallest absolute Gasteiger partial charge is 0.104 e. The van der Waals surface area contributed by atoms with Crippen molar-refractivity contribution in [2.24, 2.45) is 0 Å². The van der Waals surface area contributed by atoms with Crippen molar-refractivity contribution >= 4 is 24.0 Å². The first-order chi connectivity index (χ1) is 2.64. The van der Waals surface area contributed by atoms with Crippen LogP contribution in [-0.4, -0.2) is 30.3 Å². The maximum absolute atomic E-state index is 8.56. The molecule has 0 spiro atoms. The monoisotopic (exact) mass is 217 g/mol. The molecule has 1 unspecified atom stereocenters. The Kier molecular flexibility index (Phi) is 7.27. The maximum atomic E-state index is 8.56. The van der Waals surface area contributed by atoms with E-state index in [0.717, 1.165) is 0 Å². The molecule has 0 aromatic heterocycles. The number of hydrogen-bond acceptors (Lipinski definition) is 2. The summed E-state index contributed by atoms with van der Waals surface area (Å²) in [6.45, 7) is 1.72. The standard InChI is InChI=1S/C4H11NO.HI/c1-4(6)5(2)3;/h4,6H,1-3H3;1H. The molecule has 0 fully saturated rings. The third-order valence-electron chi connectivity index (χ3n) is 0.747. The normalized spacial score (nSPS) is 13.3. The van der Waals surface area contributed by atoms with Crippen LogP contribution in [0.1, 0.15) is 6.92 Å². The second-order valence-electron chi connectivity index (χ2n) is 1.60. The first-order valence-corrected chi connectivity index (χ1v) is 1.99. The highest BCUT2D eigenvalue weighted by Crippen LogP contribution is 1.79. The van der Waals surface area contributed by atoms with E-state index in [1.165, 1.54) is 0 Å². The van der Waals surface area contributed by atoms with Gasteiger partial charge < -0.3 is 5.11 Å². The number of aliphatic hydroxyl groups is 1. The molecule has 0 amide bonds. The predicted octanol–water partition coefficient (Wildman–Crippen LogP) is 0.504. The van der Waals surface area contributed by atoms with E-state index in [4.69, 9.17) is 5.11 Å². The Morgan fingerprint density at radius 2 is 1.57 bits per heavy atom. The summed E-state index contributed by atoms with van der Waals surface area (Å²) in [4.78, 5) is 1.72. The summed E-state index contributed by atoms with van der Waals surface area (Å²) < 4.78 is 0. The van der Waals surface area contributed by atoms with Gasteiger partial charge in [-0.3, -0.25) is 4.90 Å². The number of halogens is 1. The molecule has 0 saturated carbocycles. The third kappa shape index (κ3) is 6.65. The molecule has 1 atom stereocenters. The van der Waals surface area contributed by atoms with Crippen LogP contribution in [0.4, 0.5) is 0 Å². The molecule has 0 aromatic rings. The van der Waals surface area contributed by atoms with Crippen LogP contribution in [0.2, 0.25) is 0 Å². The van der Waals surface area contributed by atoms with E-state index >= 15 is 0 Å². The lowest BCUT2D eigenvalue weighted by atomic mass is 10.6. The summed E-state index contributed by atoms with van der Waals surface area (Å²) in [5.74, 6) is 0. The van der Waals surface area contributed by atoms with E-state index in [9.17, 15) is 0 Å². The third-order valence-corrected chi connectivity index (χ3v) is 0.747. The molecule has 0 bridgehead atoms. The zero-order valence-electron chi connectivity index (χ0n) is 4.88. The molecule has 0 aromatic carbocycles. The van der Waals surface area contributed by atoms with E-state index in [1.54, 1.807) is 11.8 Å². The first kappa shape index (κ1) is 10.6. The molecule has 0 aliphatic carbocycles. The van der Waals surface area contributed by atoms with E-state index in [-0.39, 0.29) is 30.2 Å². The van der Waals surface area contributed by atoms with E-state index < -0.39 is 0 Å². The van der Waals surface area contributed by atoms with Crippen molar-refractivity contribution in [3.05, 3.63) is 0 Å². The van der Waals surface area contributed by atoms with Gasteiger partial charge in [-0.05, 0) is 21.0 Å². The van der Waals surface area contributed by atoms with Crippen LogP contribution in [0, 0.1) is 0 Å². The SMILES string of the molecule is CC(O)N(C)C.I. The summed E-state index contributed by atoms with van der Waals surface area (Å²) >= 11 is 0. The van der Waals surface area contributed by atoms with Crippen LogP contribution in [0.15, 0.2) is 0 Å². The highest BCUT2D eigenvalue weighted by molar-refractivity contribution is 14.0. The van der Waals surface area contributed by atoms with Gasteiger partial charge in [0, 0.05) is 0 Å². The van der Waals surface area contributed by atoms with Crippen LogP contribution in [0.25, 0.3) is 0 Å². The lowest BCUT2D eigenvalue weighted by Gasteiger charge is -2.11. The van der Waals surface area contributed by atoms with Gasteiger partial charge in [-0.1, -0.05) is 0 Å². The Labute approximate surface area is 61.5 Å². The minimum atomic E-state index is -0.315. The molecule has 0 saturated heterocycles. The number of hydrogen-bond donors (Lipinski definition) is 1. The van der Waals surface area contributed by atoms with Crippen molar-refractivity contribution in [3.8, 4) is 0 Å². The van der Waals surface area contributed by atoms with Crippen molar-refractivity contribution in [3.63, 3.8) is 0 Å². The fourth-order valence-electron chi connectivity index (χ4n) is 0. The quantitative estimate of drug-likeness (QED) is 0.510. The number of nitrogens with zero attached hydrogens (tertiary/aromatic N) is 1. The van der Waals surface area contributed by atoms with Crippen molar-refractivity contribution in [1.29, 1.82) is 0 Å². The molecule has 0 heterocycles. The average molecular weight is 217 g/mol. The van der Waals surface area contributed by atoms with Crippen molar-refractivity contribution in [2.45, 2.75) is 13.2 Å². The second kappa shape index (κ2) is 4.80. The van der Waals surface area contributed by atoms with E-state index in [1.807, 2.05) is 14.1 Å². The minimum Gasteiger partial charge on any atom is -0.379 e. The topological polar surface area (TPSA) is 23.5 Å². The summed E-state index contributed by atoms with van der Waals surface area (Å²) in [5.41, 5.74) is 0. The largest absolute Gasteiger partial charge is 0.379 e. The predicted molar refractivity (Wildman–Crippen MR) is 40.8 cm³/mol. The molecule has 0 aliphatic rings. The summed E-state index contributed by atoms with van der Waals surface area (Å²) in [7, 11) is 3.65. The molecule has 7 heavy (non-hydrogen) atoms. The van der Waals surface area contributed by atoms with Crippen LogP contribution < -0.4 is 0 Å². The fourth-order valence-corrected chi connectivity index (χ4v) is 0. The van der Waals surface area contributed by atoms with Gasteiger partial charge in [0.25, 0.3) is 0 Å². The molecule has 0 rings (SSSR count). The van der Waals surface area contributed by atoms with Gasteiger partial charge in [-0.25, -0.2) is 0 Å². The molecule has 3 heteroatoms. The summed E-state index contributed by atoms with van der Waals surface area (Å²) in [5, 5.41) is 8.56. The molecule has 1 N–H and O–H groups in total. The van der Waals surface area contributed by atoms with Gasteiger partial charge in [0.1, 0.15) is 6.23 Å². The van der Waals surface area contributed by atoms with Gasteiger partial charge in [0.15, 0.2) is 0 Å². The molecule has 0 radical (unpaired) electrons. The van der Waals surface area contributed by atoms with Crippen LogP contribution in [-0.2, 0) is 0 Å². The zero-order valence-corrected chi connectivity index (χ0v) is 7.21. The van der Waals surface area contributed by atoms with E-state index in [2.05, 4.69) is 0 Å². The zero-order chi connectivity index (χ0) is 5.15. The summed E-state index contributed by atoms with van der Waals surface area (Å²) in [6.07, 6.45) is -0.315. The maximum Gasteiger partial charge on any atom is 0.104 e. The van der Waals surface area contributed by atoms with Gasteiger partial charge in [-0.15, -0.1) is 24.0 Å². The molecular formula is C4H12INO. The van der Waals surface area contributed by atoms with Crippen LogP contribution in [0.5, 0.6) is 0 Å². The number of aliphatic hydroxyl groups excluding tert-OH is 1. The Bertz CT molecular complexity index is 32.7. The molecular weight excluding hydrogens is 205 g/mol. The lowest BCUT2D eigenvalue weighted by Crippen LogP contribution is -2.23. The fraction of sp³-hybridized carbons (Fsp3) is 1.00.